The first-order chi connectivity index (χ1) is 12.2. The summed E-state index contributed by atoms with van der Waals surface area (Å²) in [5.74, 6) is 0.510. The maximum absolute atomic E-state index is 13.1. The van der Waals surface area contributed by atoms with Gasteiger partial charge in [-0.05, 0) is 60.3 Å². The Kier molecular flexibility index (Phi) is 3.12. The minimum atomic E-state index is -0.623. The Balaban J connectivity index is 1.74. The zero-order valence-corrected chi connectivity index (χ0v) is 16.0. The smallest absolute Gasteiger partial charge is 0.155 e. The number of carbonyl (C=O) groups is 2. The molecule has 0 aliphatic heterocycles. The van der Waals surface area contributed by atoms with Gasteiger partial charge in [-0.3, -0.25) is 9.59 Å². The second-order valence-electron chi connectivity index (χ2n) is 9.73. The highest BCUT2D eigenvalue weighted by Crippen LogP contribution is 2.70. The van der Waals surface area contributed by atoms with Gasteiger partial charge in [-0.25, -0.2) is 0 Å². The second-order valence-corrected chi connectivity index (χ2v) is 9.73. The van der Waals surface area contributed by atoms with Crippen LogP contribution >= 0.6 is 0 Å². The molecule has 5 atom stereocenters. The van der Waals surface area contributed by atoms with Crippen molar-refractivity contribution in [1.29, 1.82) is 0 Å². The standard InChI is InChI=1S/C23H28O3/c1-13-19-15(22(3)10-4-14(24)12-17(22)20(13)26)6-11-23-16(19)5-8-21(23,2)9-7-18(23)25/h5,12-13,20,26H,4,6-11H2,1-3H3/t13-,20+,21-,22?,23?/m0/s1. The molecule has 2 unspecified atom stereocenters. The van der Waals surface area contributed by atoms with Gasteiger partial charge in [0.2, 0.25) is 0 Å². The van der Waals surface area contributed by atoms with Gasteiger partial charge < -0.3 is 5.11 Å². The average Bonchev–Trinajstić information content (AvgIpc) is 3.05. The van der Waals surface area contributed by atoms with E-state index in [1.165, 1.54) is 16.7 Å². The molecule has 1 fully saturated rings. The van der Waals surface area contributed by atoms with E-state index in [0.29, 0.717) is 18.6 Å². The van der Waals surface area contributed by atoms with Gasteiger partial charge in [-0.2, -0.15) is 0 Å². The molecule has 3 heteroatoms. The molecule has 1 saturated carbocycles. The highest BCUT2D eigenvalue weighted by Gasteiger charge is 2.65. The fraction of sp³-hybridized carbons (Fsp3) is 0.652. The van der Waals surface area contributed by atoms with Crippen LogP contribution in [0.4, 0.5) is 0 Å². The predicted molar refractivity (Wildman–Crippen MR) is 99.3 cm³/mol. The van der Waals surface area contributed by atoms with Gasteiger partial charge in [0, 0.05) is 24.2 Å². The van der Waals surface area contributed by atoms with Crippen LogP contribution in [-0.2, 0) is 9.59 Å². The van der Waals surface area contributed by atoms with Crippen molar-refractivity contribution < 1.29 is 14.7 Å². The molecule has 0 amide bonds. The number of rotatable bonds is 0. The van der Waals surface area contributed by atoms with Gasteiger partial charge in [-0.1, -0.05) is 32.4 Å². The first-order valence-corrected chi connectivity index (χ1v) is 10.2. The number of allylic oxidation sites excluding steroid dienone is 4. The van der Waals surface area contributed by atoms with Gasteiger partial charge in [0.25, 0.3) is 0 Å². The molecule has 0 aromatic rings. The number of aliphatic hydroxyl groups is 1. The van der Waals surface area contributed by atoms with E-state index in [0.717, 1.165) is 37.7 Å². The lowest BCUT2D eigenvalue weighted by Crippen LogP contribution is -2.48. The molecule has 1 spiro atoms. The topological polar surface area (TPSA) is 54.4 Å². The first kappa shape index (κ1) is 16.7. The second kappa shape index (κ2) is 4.86. The summed E-state index contributed by atoms with van der Waals surface area (Å²) in [5.41, 5.74) is 4.33. The van der Waals surface area contributed by atoms with E-state index in [9.17, 15) is 14.7 Å². The van der Waals surface area contributed by atoms with Crippen LogP contribution in [0, 0.1) is 22.2 Å². The summed E-state index contributed by atoms with van der Waals surface area (Å²) in [7, 11) is 0. The average molecular weight is 352 g/mol. The maximum Gasteiger partial charge on any atom is 0.155 e. The lowest BCUT2D eigenvalue weighted by molar-refractivity contribution is -0.127. The summed E-state index contributed by atoms with van der Waals surface area (Å²) in [5, 5.41) is 11.1. The summed E-state index contributed by atoms with van der Waals surface area (Å²) < 4.78 is 0. The number of fused-ring (bicyclic) bond motifs is 3. The largest absolute Gasteiger partial charge is 0.388 e. The molecule has 1 N–H and O–H groups in total. The number of Topliss-reactive ketones (excluding diaryl/α,β-unsaturated/α-hetero) is 1. The van der Waals surface area contributed by atoms with Crippen LogP contribution < -0.4 is 0 Å². The van der Waals surface area contributed by atoms with Crippen LogP contribution in [0.25, 0.3) is 0 Å². The number of carbonyl (C=O) groups excluding carboxylic acids is 2. The van der Waals surface area contributed by atoms with Crippen molar-refractivity contribution in [2.75, 3.05) is 0 Å². The summed E-state index contributed by atoms with van der Waals surface area (Å²) in [4.78, 5) is 25.1. The van der Waals surface area contributed by atoms with Gasteiger partial charge in [-0.15, -0.1) is 0 Å². The van der Waals surface area contributed by atoms with Crippen molar-refractivity contribution >= 4 is 11.6 Å². The lowest BCUT2D eigenvalue weighted by Gasteiger charge is -2.53. The molecule has 138 valence electrons. The Bertz CT molecular complexity index is 844. The van der Waals surface area contributed by atoms with E-state index < -0.39 is 6.10 Å². The third-order valence-electron chi connectivity index (χ3n) is 8.73. The van der Waals surface area contributed by atoms with Crippen LogP contribution in [0.5, 0.6) is 0 Å². The highest BCUT2D eigenvalue weighted by molar-refractivity contribution is 5.95. The van der Waals surface area contributed by atoms with E-state index in [1.807, 2.05) is 0 Å². The zero-order valence-electron chi connectivity index (χ0n) is 16.0. The van der Waals surface area contributed by atoms with Crippen molar-refractivity contribution in [2.45, 2.75) is 71.8 Å². The molecular weight excluding hydrogens is 324 g/mol. The summed E-state index contributed by atoms with van der Waals surface area (Å²) in [6.45, 7) is 6.58. The van der Waals surface area contributed by atoms with Crippen LogP contribution in [0.3, 0.4) is 0 Å². The minimum Gasteiger partial charge on any atom is -0.388 e. The van der Waals surface area contributed by atoms with Crippen LogP contribution in [0.15, 0.2) is 34.4 Å². The molecular formula is C23H28O3. The molecule has 0 saturated heterocycles. The molecule has 5 aliphatic rings. The Morgan fingerprint density at radius 2 is 1.85 bits per heavy atom. The monoisotopic (exact) mass is 352 g/mol. The van der Waals surface area contributed by atoms with Gasteiger partial charge in [0.15, 0.2) is 5.78 Å². The van der Waals surface area contributed by atoms with Gasteiger partial charge in [0.05, 0.1) is 11.5 Å². The summed E-state index contributed by atoms with van der Waals surface area (Å²) >= 11 is 0. The van der Waals surface area contributed by atoms with Crippen molar-refractivity contribution in [1.82, 2.24) is 0 Å². The summed E-state index contributed by atoms with van der Waals surface area (Å²) in [6.07, 6.45) is 9.25. The zero-order chi connectivity index (χ0) is 18.5. The van der Waals surface area contributed by atoms with Crippen LogP contribution in [0.1, 0.15) is 65.7 Å². The highest BCUT2D eigenvalue weighted by atomic mass is 16.3. The van der Waals surface area contributed by atoms with Gasteiger partial charge >= 0.3 is 0 Å². The molecule has 5 rings (SSSR count). The Morgan fingerprint density at radius 3 is 2.62 bits per heavy atom. The third-order valence-corrected chi connectivity index (χ3v) is 8.73. The Labute approximate surface area is 155 Å². The van der Waals surface area contributed by atoms with E-state index in [-0.39, 0.29) is 27.9 Å². The Hall–Kier alpha value is -1.48. The molecule has 0 bridgehead atoms. The van der Waals surface area contributed by atoms with Crippen molar-refractivity contribution in [3.63, 3.8) is 0 Å². The molecule has 3 nitrogen and oxygen atoms in total. The molecule has 0 radical (unpaired) electrons. The molecule has 26 heavy (non-hydrogen) atoms. The number of ketones is 2. The SMILES string of the molecule is C[C@H]1C2=C(CCC34C(=O)CC[C@]3(C)CC=C24)C2(C)CCC(=O)C=C2[C@@H]1O. The number of aliphatic hydroxyl groups excluding tert-OH is 1. The Morgan fingerprint density at radius 1 is 1.08 bits per heavy atom. The third kappa shape index (κ3) is 1.65. The van der Waals surface area contributed by atoms with E-state index in [1.54, 1.807) is 6.08 Å². The first-order valence-electron chi connectivity index (χ1n) is 10.2. The summed E-state index contributed by atoms with van der Waals surface area (Å²) in [6, 6.07) is 0. The molecule has 0 aromatic carbocycles. The van der Waals surface area contributed by atoms with Crippen LogP contribution in [-0.4, -0.2) is 22.8 Å². The lowest BCUT2D eigenvalue weighted by atomic mass is 9.50. The normalized spacial score (nSPS) is 47.1. The quantitative estimate of drug-likeness (QED) is 0.715. The minimum absolute atomic E-state index is 0.0469. The molecule has 0 heterocycles. The van der Waals surface area contributed by atoms with Crippen molar-refractivity contribution in [3.05, 3.63) is 34.4 Å². The fourth-order valence-electron chi connectivity index (χ4n) is 7.11. The number of hydrogen-bond acceptors (Lipinski definition) is 3. The van der Waals surface area contributed by atoms with E-state index in [4.69, 9.17) is 0 Å². The van der Waals surface area contributed by atoms with Gasteiger partial charge in [0.1, 0.15) is 5.78 Å². The number of hydrogen-bond donors (Lipinski definition) is 1. The molecule has 0 aromatic heterocycles. The maximum atomic E-state index is 13.1. The van der Waals surface area contributed by atoms with Crippen molar-refractivity contribution in [2.24, 2.45) is 22.2 Å². The predicted octanol–water partition coefficient (Wildman–Crippen LogP) is 4.07. The fourth-order valence-corrected chi connectivity index (χ4v) is 7.11. The van der Waals surface area contributed by atoms with Crippen molar-refractivity contribution in [3.8, 4) is 0 Å². The van der Waals surface area contributed by atoms with Crippen LogP contribution in [0.2, 0.25) is 0 Å². The molecule has 5 aliphatic carbocycles. The van der Waals surface area contributed by atoms with E-state index >= 15 is 0 Å². The van der Waals surface area contributed by atoms with E-state index in [2.05, 4.69) is 26.8 Å².